The lowest BCUT2D eigenvalue weighted by Crippen LogP contribution is -3.29. The molecule has 0 spiro atoms. The number of anilines is 1. The van der Waals surface area contributed by atoms with E-state index in [9.17, 15) is 22.8 Å². The third-order valence-electron chi connectivity index (χ3n) is 6.56. The van der Waals surface area contributed by atoms with Crippen LogP contribution < -0.4 is 24.2 Å². The first kappa shape index (κ1) is 21.7. The Morgan fingerprint density at radius 3 is 2.48 bits per heavy atom. The van der Waals surface area contributed by atoms with E-state index in [1.165, 1.54) is 17.0 Å². The zero-order chi connectivity index (χ0) is 23.2. The van der Waals surface area contributed by atoms with E-state index in [-0.39, 0.29) is 18.9 Å². The van der Waals surface area contributed by atoms with E-state index in [2.05, 4.69) is 0 Å². The molecule has 0 saturated carbocycles. The predicted octanol–water partition coefficient (Wildman–Crippen LogP) is 0.0496. The maximum absolute atomic E-state index is 13.1. The molecule has 174 valence electrons. The van der Waals surface area contributed by atoms with Crippen molar-refractivity contribution in [2.45, 2.75) is 25.2 Å². The van der Waals surface area contributed by atoms with Crippen LogP contribution in [0.2, 0.25) is 0 Å². The summed E-state index contributed by atoms with van der Waals surface area (Å²) in [6, 6.07) is 9.74. The molecule has 7 nitrogen and oxygen atoms in total. The predicted molar refractivity (Wildman–Crippen MR) is 110 cm³/mol. The van der Waals surface area contributed by atoms with Gasteiger partial charge in [-0.2, -0.15) is 13.2 Å². The number of benzene rings is 2. The summed E-state index contributed by atoms with van der Waals surface area (Å²) >= 11 is 0. The molecule has 2 amide bonds. The monoisotopic (exact) mass is 463 g/mol. The molecule has 0 bridgehead atoms. The average Bonchev–Trinajstić information content (AvgIpc) is 3.37. The molecule has 3 aliphatic heterocycles. The van der Waals surface area contributed by atoms with Crippen molar-refractivity contribution in [2.24, 2.45) is 0 Å². The Labute approximate surface area is 188 Å². The van der Waals surface area contributed by atoms with E-state index < -0.39 is 29.6 Å². The third kappa shape index (κ3) is 4.28. The Morgan fingerprint density at radius 2 is 1.73 bits per heavy atom. The summed E-state index contributed by atoms with van der Waals surface area (Å²) in [5.41, 5.74) is 0.242. The van der Waals surface area contributed by atoms with Crippen LogP contribution in [0.25, 0.3) is 0 Å². The minimum absolute atomic E-state index is 0.0158. The van der Waals surface area contributed by atoms with Crippen molar-refractivity contribution in [3.8, 4) is 11.5 Å². The zero-order valence-corrected chi connectivity index (χ0v) is 17.8. The van der Waals surface area contributed by atoms with Crippen LogP contribution in [0.15, 0.2) is 42.5 Å². The van der Waals surface area contributed by atoms with Crippen LogP contribution in [-0.4, -0.2) is 50.8 Å². The number of quaternary nitrogens is 2. The summed E-state index contributed by atoms with van der Waals surface area (Å²) in [5.74, 6) is 0.624. The maximum Gasteiger partial charge on any atom is 0.416 e. The number of nitrogens with zero attached hydrogens (tertiary/aromatic N) is 1. The minimum Gasteiger partial charge on any atom is -0.454 e. The summed E-state index contributed by atoms with van der Waals surface area (Å²) < 4.78 is 50.0. The summed E-state index contributed by atoms with van der Waals surface area (Å²) in [5, 5.41) is 0. The molecule has 10 heteroatoms. The van der Waals surface area contributed by atoms with Gasteiger partial charge in [0.25, 0.3) is 5.91 Å². The third-order valence-corrected chi connectivity index (χ3v) is 6.56. The van der Waals surface area contributed by atoms with Gasteiger partial charge in [-0.05, 0) is 36.4 Å². The molecule has 33 heavy (non-hydrogen) atoms. The highest BCUT2D eigenvalue weighted by Crippen LogP contribution is 2.33. The van der Waals surface area contributed by atoms with Gasteiger partial charge in [0, 0.05) is 5.56 Å². The molecule has 1 atom stereocenters. The van der Waals surface area contributed by atoms with Crippen LogP contribution in [0.3, 0.4) is 0 Å². The zero-order valence-electron chi connectivity index (χ0n) is 17.8. The van der Waals surface area contributed by atoms with Gasteiger partial charge in [0.05, 0.1) is 17.7 Å². The number of imide groups is 1. The van der Waals surface area contributed by atoms with E-state index >= 15 is 0 Å². The summed E-state index contributed by atoms with van der Waals surface area (Å²) in [7, 11) is 0. The number of rotatable bonds is 4. The Bertz CT molecular complexity index is 1080. The van der Waals surface area contributed by atoms with E-state index in [0.717, 1.165) is 58.6 Å². The molecule has 2 aromatic rings. The second-order valence-corrected chi connectivity index (χ2v) is 8.64. The number of hydrogen-bond donors (Lipinski definition) is 2. The molecular weight excluding hydrogens is 439 g/mol. The van der Waals surface area contributed by atoms with Gasteiger partial charge >= 0.3 is 6.18 Å². The quantitative estimate of drug-likeness (QED) is 0.630. The molecular formula is C23H24F3N3O4+2. The fourth-order valence-corrected chi connectivity index (χ4v) is 4.83. The Kier molecular flexibility index (Phi) is 5.49. The number of fused-ring (bicyclic) bond motifs is 1. The van der Waals surface area contributed by atoms with Crippen molar-refractivity contribution in [3.63, 3.8) is 0 Å². The molecule has 2 fully saturated rings. The van der Waals surface area contributed by atoms with Gasteiger partial charge in [0.2, 0.25) is 12.7 Å². The molecule has 0 aromatic heterocycles. The maximum atomic E-state index is 13.1. The van der Waals surface area contributed by atoms with Gasteiger partial charge in [-0.1, -0.05) is 6.07 Å². The average molecular weight is 463 g/mol. The highest BCUT2D eigenvalue weighted by atomic mass is 19.4. The van der Waals surface area contributed by atoms with E-state index in [1.807, 2.05) is 18.2 Å². The highest BCUT2D eigenvalue weighted by Gasteiger charge is 2.47. The van der Waals surface area contributed by atoms with Gasteiger partial charge in [0.15, 0.2) is 17.5 Å². The number of halogens is 3. The first-order chi connectivity index (χ1) is 15.8. The lowest BCUT2D eigenvalue weighted by atomic mass is 10.1. The number of nitrogens with one attached hydrogen (secondary N) is 2. The SMILES string of the molecule is O=C1C[C@H]([NH+]2CC[NH+](Cc3ccc4c(c3)OCO4)CC2)C(=O)N1c1cccc(C(F)(F)F)c1. The van der Waals surface area contributed by atoms with Crippen LogP contribution in [0, 0.1) is 0 Å². The topological polar surface area (TPSA) is 64.7 Å². The summed E-state index contributed by atoms with van der Waals surface area (Å²) in [6.07, 6.45) is -4.52. The van der Waals surface area contributed by atoms with E-state index in [4.69, 9.17) is 9.47 Å². The summed E-state index contributed by atoms with van der Waals surface area (Å²) in [4.78, 5) is 28.9. The van der Waals surface area contributed by atoms with Crippen molar-refractivity contribution in [1.29, 1.82) is 0 Å². The first-order valence-electron chi connectivity index (χ1n) is 10.9. The second kappa shape index (κ2) is 8.35. The minimum atomic E-state index is -4.54. The van der Waals surface area contributed by atoms with Crippen molar-refractivity contribution in [3.05, 3.63) is 53.6 Å². The number of ether oxygens (including phenoxy) is 2. The van der Waals surface area contributed by atoms with Crippen molar-refractivity contribution in [1.82, 2.24) is 0 Å². The van der Waals surface area contributed by atoms with Crippen LogP contribution >= 0.6 is 0 Å². The number of carbonyl (C=O) groups is 2. The number of amides is 2. The van der Waals surface area contributed by atoms with Crippen LogP contribution in [0.4, 0.5) is 18.9 Å². The fraction of sp³-hybridized carbons (Fsp3) is 0.391. The molecule has 2 saturated heterocycles. The molecule has 3 aliphatic rings. The van der Waals surface area contributed by atoms with Gasteiger partial charge in [-0.25, -0.2) is 4.90 Å². The van der Waals surface area contributed by atoms with Crippen LogP contribution in [0.1, 0.15) is 17.5 Å². The molecule has 0 aliphatic carbocycles. The smallest absolute Gasteiger partial charge is 0.416 e. The van der Waals surface area contributed by atoms with Gasteiger partial charge in [-0.3, -0.25) is 9.59 Å². The molecule has 3 heterocycles. The molecule has 2 aromatic carbocycles. The van der Waals surface area contributed by atoms with Crippen molar-refractivity contribution < 1.29 is 42.0 Å². The fourth-order valence-electron chi connectivity index (χ4n) is 4.83. The van der Waals surface area contributed by atoms with Gasteiger partial charge < -0.3 is 19.3 Å². The standard InChI is InChI=1S/C23H22F3N3O4/c24-23(25,26)16-2-1-3-17(11-16)29-21(30)12-18(22(29)31)28-8-6-27(7-9-28)13-15-4-5-19-20(10-15)33-14-32-19/h1-5,10-11,18H,6-9,12-14H2/p+2/t18-/m0/s1. The Hall–Kier alpha value is -3.11. The van der Waals surface area contributed by atoms with Crippen molar-refractivity contribution >= 4 is 17.5 Å². The van der Waals surface area contributed by atoms with Crippen LogP contribution in [-0.2, 0) is 22.3 Å². The Balaban J connectivity index is 1.22. The lowest BCUT2D eigenvalue weighted by molar-refractivity contribution is -1.02. The first-order valence-corrected chi connectivity index (χ1v) is 10.9. The molecule has 0 radical (unpaired) electrons. The van der Waals surface area contributed by atoms with E-state index in [0.29, 0.717) is 13.1 Å². The normalized spacial score (nSPS) is 25.1. The summed E-state index contributed by atoms with van der Waals surface area (Å²) in [6.45, 7) is 4.12. The molecule has 2 N–H and O–H groups in total. The number of carbonyl (C=O) groups excluding carboxylic acids is 2. The number of hydrogen-bond acceptors (Lipinski definition) is 4. The van der Waals surface area contributed by atoms with E-state index in [1.54, 1.807) is 0 Å². The molecule has 5 rings (SSSR count). The largest absolute Gasteiger partial charge is 0.454 e. The number of alkyl halides is 3. The van der Waals surface area contributed by atoms with Gasteiger partial charge in [-0.15, -0.1) is 0 Å². The highest BCUT2D eigenvalue weighted by molar-refractivity contribution is 6.21. The lowest BCUT2D eigenvalue weighted by Gasteiger charge is -2.32. The van der Waals surface area contributed by atoms with Crippen LogP contribution in [0.5, 0.6) is 11.5 Å². The molecule has 0 unspecified atom stereocenters. The Morgan fingerprint density at radius 1 is 0.970 bits per heavy atom. The second-order valence-electron chi connectivity index (χ2n) is 8.64. The van der Waals surface area contributed by atoms with Crippen molar-refractivity contribution in [2.75, 3.05) is 37.9 Å². The number of piperazine rings is 1. The van der Waals surface area contributed by atoms with Gasteiger partial charge in [0.1, 0.15) is 32.7 Å².